The van der Waals surface area contributed by atoms with Crippen LogP contribution in [-0.4, -0.2) is 23.6 Å². The summed E-state index contributed by atoms with van der Waals surface area (Å²) in [5, 5.41) is 2.75. The average Bonchev–Trinajstić information content (AvgIpc) is 3.10. The van der Waals surface area contributed by atoms with Gasteiger partial charge < -0.3 is 4.74 Å². The van der Waals surface area contributed by atoms with E-state index in [0.717, 1.165) is 24.8 Å². The molecule has 0 aromatic heterocycles. The highest BCUT2D eigenvalue weighted by Crippen LogP contribution is 2.35. The van der Waals surface area contributed by atoms with E-state index < -0.39 is 0 Å². The molecule has 1 amide bonds. The zero-order valence-corrected chi connectivity index (χ0v) is 10.6. The SMILES string of the molecule is CCOC(=O)Nc1ccc2c(c1)CN(C1CC1)C2. The van der Waals surface area contributed by atoms with Crippen LogP contribution in [0.5, 0.6) is 0 Å². The van der Waals surface area contributed by atoms with E-state index in [9.17, 15) is 4.79 Å². The van der Waals surface area contributed by atoms with E-state index in [-0.39, 0.29) is 6.09 Å². The van der Waals surface area contributed by atoms with Gasteiger partial charge in [-0.15, -0.1) is 0 Å². The molecule has 0 saturated heterocycles. The fraction of sp³-hybridized carbons (Fsp3) is 0.500. The highest BCUT2D eigenvalue weighted by atomic mass is 16.5. The number of nitrogens with one attached hydrogen (secondary N) is 1. The number of carbonyl (C=O) groups is 1. The van der Waals surface area contributed by atoms with Gasteiger partial charge >= 0.3 is 6.09 Å². The van der Waals surface area contributed by atoms with E-state index in [2.05, 4.69) is 22.3 Å². The van der Waals surface area contributed by atoms with Crippen LogP contribution in [0.25, 0.3) is 0 Å². The number of hydrogen-bond acceptors (Lipinski definition) is 3. The largest absolute Gasteiger partial charge is 0.450 e. The Bertz CT molecular complexity index is 469. The second kappa shape index (κ2) is 4.61. The van der Waals surface area contributed by atoms with Crippen LogP contribution in [0.15, 0.2) is 18.2 Å². The molecule has 1 fully saturated rings. The van der Waals surface area contributed by atoms with Crippen molar-refractivity contribution in [3.63, 3.8) is 0 Å². The molecule has 1 aliphatic heterocycles. The number of ether oxygens (including phenoxy) is 1. The number of carbonyl (C=O) groups excluding carboxylic acids is 1. The van der Waals surface area contributed by atoms with Gasteiger partial charge in [-0.25, -0.2) is 4.79 Å². The summed E-state index contributed by atoms with van der Waals surface area (Å²) in [6.45, 7) is 4.26. The van der Waals surface area contributed by atoms with Crippen LogP contribution < -0.4 is 5.32 Å². The van der Waals surface area contributed by atoms with Gasteiger partial charge in [-0.3, -0.25) is 10.2 Å². The summed E-state index contributed by atoms with van der Waals surface area (Å²) < 4.78 is 4.87. The maximum Gasteiger partial charge on any atom is 0.411 e. The Balaban J connectivity index is 1.68. The first-order valence-electron chi connectivity index (χ1n) is 6.56. The number of nitrogens with zero attached hydrogens (tertiary/aromatic N) is 1. The second-order valence-corrected chi connectivity index (χ2v) is 4.97. The van der Waals surface area contributed by atoms with E-state index in [4.69, 9.17) is 4.74 Å². The van der Waals surface area contributed by atoms with E-state index in [1.54, 1.807) is 6.92 Å². The van der Waals surface area contributed by atoms with Crippen molar-refractivity contribution in [2.45, 2.75) is 38.9 Å². The van der Waals surface area contributed by atoms with Crippen molar-refractivity contribution < 1.29 is 9.53 Å². The molecule has 0 bridgehead atoms. The first-order valence-corrected chi connectivity index (χ1v) is 6.56. The van der Waals surface area contributed by atoms with Gasteiger partial charge in [0.05, 0.1) is 6.61 Å². The molecular formula is C14H18N2O2. The smallest absolute Gasteiger partial charge is 0.411 e. The first-order chi connectivity index (χ1) is 8.76. The Kier molecular flexibility index (Phi) is 2.96. The van der Waals surface area contributed by atoms with Gasteiger partial charge in [-0.05, 0) is 43.0 Å². The molecule has 3 rings (SSSR count). The van der Waals surface area contributed by atoms with Crippen molar-refractivity contribution in [1.82, 2.24) is 4.90 Å². The summed E-state index contributed by atoms with van der Waals surface area (Å²) in [5.74, 6) is 0. The van der Waals surface area contributed by atoms with Gasteiger partial charge in [0, 0.05) is 24.8 Å². The molecule has 18 heavy (non-hydrogen) atoms. The molecule has 1 heterocycles. The highest BCUT2D eigenvalue weighted by Gasteiger charge is 2.32. The fourth-order valence-electron chi connectivity index (χ4n) is 2.48. The van der Waals surface area contributed by atoms with Crippen LogP contribution >= 0.6 is 0 Å². The van der Waals surface area contributed by atoms with Gasteiger partial charge in [0.1, 0.15) is 0 Å². The summed E-state index contributed by atoms with van der Waals surface area (Å²) in [6, 6.07) is 6.92. The monoisotopic (exact) mass is 246 g/mol. The molecule has 0 atom stereocenters. The number of hydrogen-bond donors (Lipinski definition) is 1. The first kappa shape index (κ1) is 11.5. The standard InChI is InChI=1S/C14H18N2O2/c1-2-18-14(17)15-12-4-3-10-8-16(13-5-6-13)9-11(10)7-12/h3-4,7,13H,2,5-6,8-9H2,1H3,(H,15,17). The molecule has 0 spiro atoms. The zero-order chi connectivity index (χ0) is 12.5. The third-order valence-corrected chi connectivity index (χ3v) is 3.54. The third kappa shape index (κ3) is 2.34. The van der Waals surface area contributed by atoms with Crippen LogP contribution in [0.3, 0.4) is 0 Å². The maximum atomic E-state index is 11.4. The normalized spacial score (nSPS) is 18.5. The van der Waals surface area contributed by atoms with Gasteiger partial charge in [0.2, 0.25) is 0 Å². The lowest BCUT2D eigenvalue weighted by Crippen LogP contribution is -2.18. The van der Waals surface area contributed by atoms with Gasteiger partial charge in [0.25, 0.3) is 0 Å². The summed E-state index contributed by atoms with van der Waals surface area (Å²) in [6.07, 6.45) is 2.29. The van der Waals surface area contributed by atoms with Crippen molar-refractivity contribution >= 4 is 11.8 Å². The van der Waals surface area contributed by atoms with Crippen LogP contribution in [0.4, 0.5) is 10.5 Å². The topological polar surface area (TPSA) is 41.6 Å². The molecule has 0 radical (unpaired) electrons. The van der Waals surface area contributed by atoms with E-state index >= 15 is 0 Å². The quantitative estimate of drug-likeness (QED) is 0.891. The lowest BCUT2D eigenvalue weighted by Gasteiger charge is -2.12. The number of rotatable bonds is 3. The van der Waals surface area contributed by atoms with Crippen LogP contribution in [0, 0.1) is 0 Å². The Hall–Kier alpha value is -1.55. The minimum atomic E-state index is -0.380. The molecule has 96 valence electrons. The third-order valence-electron chi connectivity index (χ3n) is 3.54. The summed E-state index contributed by atoms with van der Waals surface area (Å²) >= 11 is 0. The zero-order valence-electron chi connectivity index (χ0n) is 10.6. The maximum absolute atomic E-state index is 11.4. The average molecular weight is 246 g/mol. The van der Waals surface area contributed by atoms with Crippen molar-refractivity contribution in [3.8, 4) is 0 Å². The molecule has 1 aromatic rings. The molecule has 1 aliphatic carbocycles. The molecule has 1 aromatic carbocycles. The molecule has 4 nitrogen and oxygen atoms in total. The molecular weight excluding hydrogens is 228 g/mol. The summed E-state index contributed by atoms with van der Waals surface area (Å²) in [4.78, 5) is 13.9. The molecule has 4 heteroatoms. The number of fused-ring (bicyclic) bond motifs is 1. The Morgan fingerprint density at radius 3 is 2.89 bits per heavy atom. The summed E-state index contributed by atoms with van der Waals surface area (Å²) in [5.41, 5.74) is 3.54. The molecule has 1 saturated carbocycles. The fourth-order valence-corrected chi connectivity index (χ4v) is 2.48. The van der Waals surface area contributed by atoms with Crippen LogP contribution in [0.1, 0.15) is 30.9 Å². The summed E-state index contributed by atoms with van der Waals surface area (Å²) in [7, 11) is 0. The van der Waals surface area contributed by atoms with Gasteiger partial charge in [-0.2, -0.15) is 0 Å². The van der Waals surface area contributed by atoms with E-state index in [1.807, 2.05) is 6.07 Å². The molecule has 1 N–H and O–H groups in total. The Labute approximate surface area is 107 Å². The van der Waals surface area contributed by atoms with Crippen LogP contribution in [-0.2, 0) is 17.8 Å². The second-order valence-electron chi connectivity index (χ2n) is 4.97. The van der Waals surface area contributed by atoms with E-state index in [1.165, 1.54) is 24.0 Å². The van der Waals surface area contributed by atoms with Gasteiger partial charge in [-0.1, -0.05) is 6.07 Å². The number of amides is 1. The Morgan fingerprint density at radius 2 is 2.17 bits per heavy atom. The predicted octanol–water partition coefficient (Wildman–Crippen LogP) is 2.73. The Morgan fingerprint density at radius 1 is 1.39 bits per heavy atom. The van der Waals surface area contributed by atoms with Crippen molar-refractivity contribution in [3.05, 3.63) is 29.3 Å². The number of benzene rings is 1. The lowest BCUT2D eigenvalue weighted by molar-refractivity contribution is 0.168. The van der Waals surface area contributed by atoms with Crippen molar-refractivity contribution in [1.29, 1.82) is 0 Å². The van der Waals surface area contributed by atoms with Gasteiger partial charge in [0.15, 0.2) is 0 Å². The minimum Gasteiger partial charge on any atom is -0.450 e. The van der Waals surface area contributed by atoms with Crippen LogP contribution in [0.2, 0.25) is 0 Å². The minimum absolute atomic E-state index is 0.380. The number of anilines is 1. The molecule has 0 unspecified atom stereocenters. The van der Waals surface area contributed by atoms with Crippen molar-refractivity contribution in [2.24, 2.45) is 0 Å². The van der Waals surface area contributed by atoms with E-state index in [0.29, 0.717) is 6.61 Å². The predicted molar refractivity (Wildman–Crippen MR) is 69.4 cm³/mol. The lowest BCUT2D eigenvalue weighted by atomic mass is 10.1. The molecule has 2 aliphatic rings. The highest BCUT2D eigenvalue weighted by molar-refractivity contribution is 5.84. The van der Waals surface area contributed by atoms with Crippen molar-refractivity contribution in [2.75, 3.05) is 11.9 Å².